The van der Waals surface area contributed by atoms with Gasteiger partial charge in [0, 0.05) is 12.0 Å². The van der Waals surface area contributed by atoms with Gasteiger partial charge < -0.3 is 30.3 Å². The van der Waals surface area contributed by atoms with E-state index in [0.717, 1.165) is 6.08 Å². The highest BCUT2D eigenvalue weighted by Gasteiger charge is 2.41. The number of ether oxygens (including phenoxy) is 1. The van der Waals surface area contributed by atoms with E-state index in [1.807, 2.05) is 19.1 Å². The molecule has 0 spiro atoms. The molecule has 0 radical (unpaired) electrons. The number of aliphatic hydroxyl groups excluding tert-OH is 4. The summed E-state index contributed by atoms with van der Waals surface area (Å²) in [6.07, 6.45) is -0.298. The van der Waals surface area contributed by atoms with Crippen molar-refractivity contribution in [2.45, 2.75) is 57.7 Å². The first-order valence-electron chi connectivity index (χ1n) is 8.06. The highest BCUT2D eigenvalue weighted by molar-refractivity contribution is 5.80. The van der Waals surface area contributed by atoms with Gasteiger partial charge in [-0.1, -0.05) is 19.1 Å². The third-order valence-electron chi connectivity index (χ3n) is 4.44. The monoisotopic (exact) mass is 344 g/mol. The maximum absolute atomic E-state index is 10.7. The van der Waals surface area contributed by atoms with Crippen LogP contribution in [0.1, 0.15) is 27.2 Å². The fraction of sp³-hybridized carbons (Fsp3) is 0.706. The summed E-state index contributed by atoms with van der Waals surface area (Å²) in [7, 11) is 0. The lowest BCUT2D eigenvalue weighted by molar-refractivity contribution is -0.187. The summed E-state index contributed by atoms with van der Waals surface area (Å²) in [6, 6.07) is 0. The Balaban J connectivity index is 2.66. The van der Waals surface area contributed by atoms with Gasteiger partial charge >= 0.3 is 5.97 Å². The molecular weight excluding hydrogens is 316 g/mol. The van der Waals surface area contributed by atoms with E-state index in [0.29, 0.717) is 6.42 Å². The first-order valence-corrected chi connectivity index (χ1v) is 8.06. The Morgan fingerprint density at radius 1 is 1.25 bits per heavy atom. The van der Waals surface area contributed by atoms with Gasteiger partial charge in [0.25, 0.3) is 0 Å². The van der Waals surface area contributed by atoms with Gasteiger partial charge in [-0.25, -0.2) is 4.79 Å². The summed E-state index contributed by atoms with van der Waals surface area (Å²) in [6.45, 7) is 5.12. The summed E-state index contributed by atoms with van der Waals surface area (Å²) in [5.74, 6) is -1.56. The Morgan fingerprint density at radius 3 is 2.42 bits per heavy atom. The number of carbonyl (C=O) groups is 1. The van der Waals surface area contributed by atoms with Crippen molar-refractivity contribution in [1.29, 1.82) is 0 Å². The number of aliphatic carboxylic acids is 1. The van der Waals surface area contributed by atoms with E-state index in [9.17, 15) is 25.2 Å². The van der Waals surface area contributed by atoms with Gasteiger partial charge in [0.05, 0.1) is 18.8 Å². The molecule has 7 unspecified atom stereocenters. The lowest BCUT2D eigenvalue weighted by atomic mass is 9.86. The van der Waals surface area contributed by atoms with E-state index in [-0.39, 0.29) is 24.0 Å². The zero-order chi connectivity index (χ0) is 18.4. The molecule has 1 heterocycles. The average Bonchev–Trinajstić information content (AvgIpc) is 2.50. The topological polar surface area (TPSA) is 127 Å². The maximum Gasteiger partial charge on any atom is 0.328 e. The average molecular weight is 344 g/mol. The second kappa shape index (κ2) is 9.29. The Bertz CT molecular complexity index is 472. The molecule has 7 atom stereocenters. The zero-order valence-corrected chi connectivity index (χ0v) is 14.2. The summed E-state index contributed by atoms with van der Waals surface area (Å²) >= 11 is 0. The fourth-order valence-corrected chi connectivity index (χ4v) is 2.56. The van der Waals surface area contributed by atoms with Crippen LogP contribution < -0.4 is 0 Å². The first-order chi connectivity index (χ1) is 11.1. The van der Waals surface area contributed by atoms with Crippen LogP contribution in [0.4, 0.5) is 0 Å². The molecule has 5 N–H and O–H groups in total. The van der Waals surface area contributed by atoms with Crippen LogP contribution in [-0.2, 0) is 9.53 Å². The van der Waals surface area contributed by atoms with E-state index in [2.05, 4.69) is 0 Å². The van der Waals surface area contributed by atoms with E-state index in [1.54, 1.807) is 6.92 Å². The second-order valence-electron chi connectivity index (χ2n) is 6.47. The van der Waals surface area contributed by atoms with Crippen LogP contribution in [0.3, 0.4) is 0 Å². The van der Waals surface area contributed by atoms with Crippen LogP contribution in [-0.4, -0.2) is 68.6 Å². The van der Waals surface area contributed by atoms with Crippen molar-refractivity contribution >= 4 is 5.97 Å². The zero-order valence-electron chi connectivity index (χ0n) is 14.2. The van der Waals surface area contributed by atoms with Gasteiger partial charge in [-0.3, -0.25) is 0 Å². The summed E-state index contributed by atoms with van der Waals surface area (Å²) in [4.78, 5) is 10.7. The number of hydrogen-bond acceptors (Lipinski definition) is 6. The van der Waals surface area contributed by atoms with Crippen molar-refractivity contribution in [2.75, 3.05) is 6.61 Å². The minimum Gasteiger partial charge on any atom is -0.478 e. The summed E-state index contributed by atoms with van der Waals surface area (Å²) in [5, 5.41) is 48.7. The summed E-state index contributed by atoms with van der Waals surface area (Å²) in [5.41, 5.74) is 0.142. The molecule has 7 nitrogen and oxygen atoms in total. The highest BCUT2D eigenvalue weighted by Crippen LogP contribution is 2.27. The Morgan fingerprint density at radius 2 is 1.88 bits per heavy atom. The van der Waals surface area contributed by atoms with Crippen molar-refractivity contribution < 1.29 is 35.1 Å². The van der Waals surface area contributed by atoms with Gasteiger partial charge in [0.15, 0.2) is 0 Å². The molecule has 0 aromatic rings. The molecule has 1 aliphatic heterocycles. The Kier molecular flexibility index (Phi) is 8.05. The second-order valence-corrected chi connectivity index (χ2v) is 6.47. The van der Waals surface area contributed by atoms with Crippen molar-refractivity contribution in [3.8, 4) is 0 Å². The first kappa shape index (κ1) is 20.8. The van der Waals surface area contributed by atoms with Crippen molar-refractivity contribution in [3.05, 3.63) is 23.8 Å². The largest absolute Gasteiger partial charge is 0.478 e. The smallest absolute Gasteiger partial charge is 0.328 e. The van der Waals surface area contributed by atoms with Crippen LogP contribution in [0.25, 0.3) is 0 Å². The minimum atomic E-state index is -1.32. The number of rotatable bonds is 7. The molecular formula is C17H28O7. The standard InChI is InChI=1S/C17H28O7/c1-9(11(3)18)5-4-6-12-8-24-17(16(23)15(12)22)14(21)10(2)7-13(19)20/h4-5,7,9,11-12,14-18,21-23H,6,8H2,1-3H3,(H,19,20)/b5-4+,10-7+. The lowest BCUT2D eigenvalue weighted by Gasteiger charge is -2.39. The molecule has 138 valence electrons. The van der Waals surface area contributed by atoms with Crippen LogP contribution >= 0.6 is 0 Å². The molecule has 1 fully saturated rings. The van der Waals surface area contributed by atoms with Crippen molar-refractivity contribution in [2.24, 2.45) is 11.8 Å². The molecule has 1 saturated heterocycles. The molecule has 0 aromatic heterocycles. The molecule has 0 saturated carbocycles. The van der Waals surface area contributed by atoms with Gasteiger partial charge in [-0.05, 0) is 31.8 Å². The predicted octanol–water partition coefficient (Wildman–Crippen LogP) is 0.0782. The Labute approximate surface area is 141 Å². The quantitative estimate of drug-likeness (QED) is 0.327. The molecule has 24 heavy (non-hydrogen) atoms. The van der Waals surface area contributed by atoms with Crippen LogP contribution in [0.2, 0.25) is 0 Å². The molecule has 1 rings (SSSR count). The third kappa shape index (κ3) is 5.68. The van der Waals surface area contributed by atoms with E-state index in [1.165, 1.54) is 6.92 Å². The Hall–Kier alpha value is -1.25. The normalized spacial score (nSPS) is 32.5. The fourth-order valence-electron chi connectivity index (χ4n) is 2.56. The lowest BCUT2D eigenvalue weighted by Crippen LogP contribution is -2.54. The van der Waals surface area contributed by atoms with Gasteiger partial charge in [-0.15, -0.1) is 0 Å². The van der Waals surface area contributed by atoms with Crippen LogP contribution in [0.15, 0.2) is 23.8 Å². The van der Waals surface area contributed by atoms with Crippen LogP contribution in [0.5, 0.6) is 0 Å². The SMILES string of the molecule is C/C(=C\C(=O)O)C(O)C1OCC(C/C=C/C(C)C(C)O)C(O)C1O. The third-order valence-corrected chi connectivity index (χ3v) is 4.44. The molecule has 0 amide bonds. The number of carboxylic acid groups (broad SMARTS) is 1. The van der Waals surface area contributed by atoms with E-state index in [4.69, 9.17) is 9.84 Å². The van der Waals surface area contributed by atoms with Gasteiger partial charge in [0.2, 0.25) is 0 Å². The molecule has 0 aromatic carbocycles. The number of aliphatic hydroxyl groups is 4. The van der Waals surface area contributed by atoms with Crippen LogP contribution in [0, 0.1) is 11.8 Å². The molecule has 7 heteroatoms. The summed E-state index contributed by atoms with van der Waals surface area (Å²) < 4.78 is 5.47. The number of carboxylic acids is 1. The maximum atomic E-state index is 10.7. The van der Waals surface area contributed by atoms with Gasteiger partial charge in [-0.2, -0.15) is 0 Å². The molecule has 1 aliphatic rings. The van der Waals surface area contributed by atoms with Crippen molar-refractivity contribution in [1.82, 2.24) is 0 Å². The minimum absolute atomic E-state index is 0.0186. The van der Waals surface area contributed by atoms with Gasteiger partial charge in [0.1, 0.15) is 18.3 Å². The number of allylic oxidation sites excluding steroid dienone is 1. The van der Waals surface area contributed by atoms with E-state index >= 15 is 0 Å². The van der Waals surface area contributed by atoms with Crippen molar-refractivity contribution in [3.63, 3.8) is 0 Å². The van der Waals surface area contributed by atoms with E-state index < -0.39 is 36.5 Å². The number of hydrogen-bond donors (Lipinski definition) is 5. The highest BCUT2D eigenvalue weighted by atomic mass is 16.5. The molecule has 0 aliphatic carbocycles. The predicted molar refractivity (Wildman–Crippen MR) is 87.2 cm³/mol. The molecule has 0 bridgehead atoms.